The quantitative estimate of drug-likeness (QED) is 0.302. The number of halogens is 1. The van der Waals surface area contributed by atoms with E-state index >= 15 is 0 Å². The van der Waals surface area contributed by atoms with E-state index in [-0.39, 0.29) is 12.3 Å². The van der Waals surface area contributed by atoms with Crippen molar-refractivity contribution in [3.05, 3.63) is 130 Å². The van der Waals surface area contributed by atoms with Crippen molar-refractivity contribution in [3.63, 3.8) is 0 Å². The van der Waals surface area contributed by atoms with E-state index in [9.17, 15) is 14.4 Å². The molecular formula is C31H25ClN4O3. The average Bonchev–Trinajstić information content (AvgIpc) is 3.04. The summed E-state index contributed by atoms with van der Waals surface area (Å²) in [6.45, 7) is 1.64. The highest BCUT2D eigenvalue weighted by Gasteiger charge is 2.34. The zero-order chi connectivity index (χ0) is 27.4. The summed E-state index contributed by atoms with van der Waals surface area (Å²) in [6, 6.07) is 30.0. The van der Waals surface area contributed by atoms with Crippen LogP contribution in [0.1, 0.15) is 27.0 Å². The Morgan fingerprint density at radius 1 is 0.897 bits per heavy atom. The van der Waals surface area contributed by atoms with Gasteiger partial charge in [0.25, 0.3) is 5.91 Å². The Kier molecular flexibility index (Phi) is 7.52. The molecular weight excluding hydrogens is 512 g/mol. The normalized spacial score (nSPS) is 14.6. The summed E-state index contributed by atoms with van der Waals surface area (Å²) in [5.74, 6) is -0.752. The van der Waals surface area contributed by atoms with Crippen LogP contribution < -0.4 is 15.5 Å². The Bertz CT molecular complexity index is 1590. The number of Topliss-reactive ketones (excluding diaryl/α,β-unsaturated/α-hetero) is 1. The van der Waals surface area contributed by atoms with Crippen LogP contribution >= 0.6 is 11.6 Å². The molecule has 7 nitrogen and oxygen atoms in total. The first-order chi connectivity index (χ1) is 18.9. The predicted octanol–water partition coefficient (Wildman–Crippen LogP) is 5.86. The number of rotatable bonds is 6. The maximum atomic E-state index is 14.0. The molecule has 0 bridgehead atoms. The van der Waals surface area contributed by atoms with Crippen LogP contribution in [0.4, 0.5) is 16.2 Å². The van der Waals surface area contributed by atoms with Crippen molar-refractivity contribution in [3.8, 4) is 0 Å². The SMILES string of the molecule is Cc1ccccc1C(=O)CN1C(=O)[C@H](NC(=O)Nc2cccc(Cl)c2)N=C(c2ccccc2)c2ccccc21. The molecule has 1 aliphatic rings. The molecule has 1 atom stereocenters. The summed E-state index contributed by atoms with van der Waals surface area (Å²) >= 11 is 6.05. The van der Waals surface area contributed by atoms with Crippen molar-refractivity contribution in [2.75, 3.05) is 16.8 Å². The molecule has 0 saturated heterocycles. The van der Waals surface area contributed by atoms with Gasteiger partial charge in [-0.2, -0.15) is 0 Å². The smallest absolute Gasteiger partial charge is 0.308 e. The lowest BCUT2D eigenvalue weighted by molar-refractivity contribution is -0.120. The van der Waals surface area contributed by atoms with E-state index in [0.29, 0.717) is 33.2 Å². The molecule has 0 aliphatic carbocycles. The van der Waals surface area contributed by atoms with Crippen LogP contribution in [0, 0.1) is 6.92 Å². The molecule has 5 rings (SSSR count). The van der Waals surface area contributed by atoms with Crippen LogP contribution in [0.2, 0.25) is 5.02 Å². The zero-order valence-corrected chi connectivity index (χ0v) is 21.9. The van der Waals surface area contributed by atoms with E-state index in [1.54, 1.807) is 48.5 Å². The van der Waals surface area contributed by atoms with Gasteiger partial charge in [0.1, 0.15) is 0 Å². The van der Waals surface area contributed by atoms with Crippen molar-refractivity contribution in [1.29, 1.82) is 0 Å². The molecule has 0 saturated carbocycles. The van der Waals surface area contributed by atoms with Crippen molar-refractivity contribution in [1.82, 2.24) is 5.32 Å². The van der Waals surface area contributed by atoms with Gasteiger partial charge < -0.3 is 15.5 Å². The predicted molar refractivity (Wildman–Crippen MR) is 154 cm³/mol. The molecule has 0 aromatic heterocycles. The highest BCUT2D eigenvalue weighted by molar-refractivity contribution is 6.31. The van der Waals surface area contributed by atoms with Crippen LogP contribution in [0.3, 0.4) is 0 Å². The maximum absolute atomic E-state index is 14.0. The third-order valence-electron chi connectivity index (χ3n) is 6.35. The number of anilines is 2. The van der Waals surface area contributed by atoms with Gasteiger partial charge in [0.15, 0.2) is 5.78 Å². The number of para-hydroxylation sites is 1. The molecule has 0 radical (unpaired) electrons. The fourth-order valence-electron chi connectivity index (χ4n) is 4.48. The summed E-state index contributed by atoms with van der Waals surface area (Å²) < 4.78 is 0. The largest absolute Gasteiger partial charge is 0.321 e. The van der Waals surface area contributed by atoms with Crippen molar-refractivity contribution < 1.29 is 14.4 Å². The number of aryl methyl sites for hydroxylation is 1. The first-order valence-electron chi connectivity index (χ1n) is 12.4. The molecule has 1 heterocycles. The first-order valence-corrected chi connectivity index (χ1v) is 12.7. The Balaban J connectivity index is 1.54. The second kappa shape index (κ2) is 11.3. The number of fused-ring (bicyclic) bond motifs is 1. The van der Waals surface area contributed by atoms with Crippen LogP contribution in [0.15, 0.2) is 108 Å². The van der Waals surface area contributed by atoms with Gasteiger partial charge in [0, 0.05) is 27.4 Å². The highest BCUT2D eigenvalue weighted by atomic mass is 35.5. The first kappa shape index (κ1) is 25.9. The van der Waals surface area contributed by atoms with Crippen molar-refractivity contribution >= 4 is 46.4 Å². The van der Waals surface area contributed by atoms with Gasteiger partial charge >= 0.3 is 6.03 Å². The van der Waals surface area contributed by atoms with E-state index in [2.05, 4.69) is 10.6 Å². The number of amides is 3. The molecule has 0 fully saturated rings. The Morgan fingerprint density at radius 3 is 2.38 bits per heavy atom. The van der Waals surface area contributed by atoms with E-state index < -0.39 is 18.1 Å². The molecule has 39 heavy (non-hydrogen) atoms. The van der Waals surface area contributed by atoms with Crippen LogP contribution in [-0.2, 0) is 4.79 Å². The van der Waals surface area contributed by atoms with Gasteiger partial charge in [-0.1, -0.05) is 90.5 Å². The van der Waals surface area contributed by atoms with Crippen molar-refractivity contribution in [2.45, 2.75) is 13.1 Å². The summed E-state index contributed by atoms with van der Waals surface area (Å²) in [6.07, 6.45) is -1.29. The molecule has 1 aliphatic heterocycles. The lowest BCUT2D eigenvalue weighted by Crippen LogP contribution is -2.50. The summed E-state index contributed by atoms with van der Waals surface area (Å²) in [7, 11) is 0. The number of aliphatic imine (C=N–C) groups is 1. The number of hydrogen-bond donors (Lipinski definition) is 2. The lowest BCUT2D eigenvalue weighted by atomic mass is 9.99. The van der Waals surface area contributed by atoms with Gasteiger partial charge in [0.05, 0.1) is 17.9 Å². The summed E-state index contributed by atoms with van der Waals surface area (Å²) in [4.78, 5) is 46.5. The van der Waals surface area contributed by atoms with Crippen molar-refractivity contribution in [2.24, 2.45) is 4.99 Å². The molecule has 0 spiro atoms. The standard InChI is InChI=1S/C31H25ClN4O3/c1-20-10-5-6-15-24(20)27(37)19-36-26-17-8-7-16-25(26)28(21-11-3-2-4-12-21)34-29(30(36)38)35-31(39)33-23-14-9-13-22(32)18-23/h2-18,29H,19H2,1H3,(H2,33,35,39)/t29-/m0/s1. The van der Waals surface area contributed by atoms with E-state index in [1.807, 2.05) is 61.5 Å². The van der Waals surface area contributed by atoms with Gasteiger partial charge in [0.2, 0.25) is 6.17 Å². The fraction of sp³-hybridized carbons (Fsp3) is 0.0968. The molecule has 4 aromatic carbocycles. The van der Waals surface area contributed by atoms with Crippen LogP contribution in [-0.4, -0.2) is 36.1 Å². The van der Waals surface area contributed by atoms with Gasteiger partial charge in [-0.15, -0.1) is 0 Å². The number of hydrogen-bond acceptors (Lipinski definition) is 4. The number of carbonyl (C=O) groups excluding carboxylic acids is 3. The van der Waals surface area contributed by atoms with Crippen LogP contribution in [0.5, 0.6) is 0 Å². The second-order valence-electron chi connectivity index (χ2n) is 9.03. The second-order valence-corrected chi connectivity index (χ2v) is 9.47. The summed E-state index contributed by atoms with van der Waals surface area (Å²) in [5, 5.41) is 5.83. The number of ketones is 1. The summed E-state index contributed by atoms with van der Waals surface area (Å²) in [5.41, 5.74) is 4.31. The molecule has 3 amide bonds. The minimum atomic E-state index is -1.29. The zero-order valence-electron chi connectivity index (χ0n) is 21.1. The van der Waals surface area contributed by atoms with Gasteiger partial charge in [-0.3, -0.25) is 9.59 Å². The minimum absolute atomic E-state index is 0.216. The number of benzene rings is 4. The molecule has 194 valence electrons. The Morgan fingerprint density at radius 2 is 1.62 bits per heavy atom. The lowest BCUT2D eigenvalue weighted by Gasteiger charge is -2.25. The molecule has 0 unspecified atom stereocenters. The van der Waals surface area contributed by atoms with Gasteiger partial charge in [-0.25, -0.2) is 9.79 Å². The number of carbonyl (C=O) groups is 3. The minimum Gasteiger partial charge on any atom is -0.308 e. The van der Waals surface area contributed by atoms with E-state index in [0.717, 1.165) is 11.1 Å². The monoisotopic (exact) mass is 536 g/mol. The number of benzodiazepines with no additional fused rings is 1. The van der Waals surface area contributed by atoms with E-state index in [1.165, 1.54) is 4.90 Å². The fourth-order valence-corrected chi connectivity index (χ4v) is 4.68. The Labute approximate surface area is 231 Å². The average molecular weight is 537 g/mol. The third-order valence-corrected chi connectivity index (χ3v) is 6.59. The third kappa shape index (κ3) is 5.73. The maximum Gasteiger partial charge on any atom is 0.321 e. The molecule has 8 heteroatoms. The van der Waals surface area contributed by atoms with Crippen LogP contribution in [0.25, 0.3) is 0 Å². The molecule has 2 N–H and O–H groups in total. The number of nitrogens with zero attached hydrogens (tertiary/aromatic N) is 2. The highest BCUT2D eigenvalue weighted by Crippen LogP contribution is 2.29. The number of urea groups is 1. The Hall–Kier alpha value is -4.75. The number of nitrogens with one attached hydrogen (secondary N) is 2. The van der Waals surface area contributed by atoms with E-state index in [4.69, 9.17) is 16.6 Å². The molecule has 4 aromatic rings. The topological polar surface area (TPSA) is 90.9 Å². The van der Waals surface area contributed by atoms with Gasteiger partial charge in [-0.05, 0) is 36.8 Å².